The molecule has 0 saturated carbocycles. The van der Waals surface area contributed by atoms with Gasteiger partial charge >= 0.3 is 0 Å². The molecule has 0 spiro atoms. The number of hydrogen-bond acceptors (Lipinski definition) is 5. The fourth-order valence-electron chi connectivity index (χ4n) is 2.15. The average molecular weight is 324 g/mol. The highest BCUT2D eigenvalue weighted by Gasteiger charge is 2.07. The molecule has 1 aromatic carbocycles. The summed E-state index contributed by atoms with van der Waals surface area (Å²) in [5.74, 6) is 0.380. The van der Waals surface area contributed by atoms with Gasteiger partial charge in [-0.05, 0) is 36.8 Å². The first kappa shape index (κ1) is 15.2. The summed E-state index contributed by atoms with van der Waals surface area (Å²) in [6.07, 6.45) is 1.66. The van der Waals surface area contributed by atoms with Crippen molar-refractivity contribution >= 4 is 33.9 Å². The molecular weight excluding hydrogens is 308 g/mol. The zero-order valence-electron chi connectivity index (χ0n) is 12.8. The van der Waals surface area contributed by atoms with Crippen molar-refractivity contribution in [3.63, 3.8) is 0 Å². The van der Waals surface area contributed by atoms with Crippen LogP contribution in [0.4, 0.5) is 16.6 Å². The molecule has 2 aromatic heterocycles. The van der Waals surface area contributed by atoms with E-state index < -0.39 is 0 Å². The van der Waals surface area contributed by atoms with Crippen molar-refractivity contribution in [2.75, 3.05) is 10.6 Å². The van der Waals surface area contributed by atoms with E-state index >= 15 is 0 Å². The van der Waals surface area contributed by atoms with Gasteiger partial charge in [-0.3, -0.25) is 4.79 Å². The third kappa shape index (κ3) is 3.92. The summed E-state index contributed by atoms with van der Waals surface area (Å²) in [5.41, 5.74) is 3.97. The van der Waals surface area contributed by atoms with Crippen molar-refractivity contribution in [1.29, 1.82) is 0 Å². The highest BCUT2D eigenvalue weighted by molar-refractivity contribution is 7.14. The first-order valence-electron chi connectivity index (χ1n) is 7.13. The molecule has 0 bridgehead atoms. The Morgan fingerprint density at radius 1 is 1.22 bits per heavy atom. The van der Waals surface area contributed by atoms with Crippen molar-refractivity contribution in [2.45, 2.75) is 13.8 Å². The maximum atomic E-state index is 11.1. The van der Waals surface area contributed by atoms with Gasteiger partial charge in [-0.15, -0.1) is 11.3 Å². The van der Waals surface area contributed by atoms with E-state index in [9.17, 15) is 4.79 Å². The quantitative estimate of drug-likeness (QED) is 0.754. The Morgan fingerprint density at radius 2 is 2.09 bits per heavy atom. The van der Waals surface area contributed by atoms with E-state index in [0.717, 1.165) is 22.1 Å². The SMILES string of the molecule is CC(=O)Nc1cc(-c2csc(Nc3cccc(C)c3)n2)ccn1. The van der Waals surface area contributed by atoms with Crippen LogP contribution >= 0.6 is 11.3 Å². The molecule has 3 aromatic rings. The highest BCUT2D eigenvalue weighted by Crippen LogP contribution is 2.28. The molecule has 0 aliphatic carbocycles. The summed E-state index contributed by atoms with van der Waals surface area (Å²) in [4.78, 5) is 19.8. The van der Waals surface area contributed by atoms with Gasteiger partial charge in [-0.2, -0.15) is 0 Å². The number of carbonyl (C=O) groups excluding carboxylic acids is 1. The molecule has 116 valence electrons. The number of aromatic nitrogens is 2. The van der Waals surface area contributed by atoms with E-state index in [1.807, 2.05) is 29.6 Å². The number of rotatable bonds is 4. The van der Waals surface area contributed by atoms with Crippen molar-refractivity contribution < 1.29 is 4.79 Å². The van der Waals surface area contributed by atoms with E-state index in [-0.39, 0.29) is 5.91 Å². The summed E-state index contributed by atoms with van der Waals surface area (Å²) < 4.78 is 0. The Balaban J connectivity index is 1.80. The summed E-state index contributed by atoms with van der Waals surface area (Å²) in [7, 11) is 0. The maximum Gasteiger partial charge on any atom is 0.222 e. The number of carbonyl (C=O) groups is 1. The van der Waals surface area contributed by atoms with Crippen molar-refractivity contribution in [2.24, 2.45) is 0 Å². The lowest BCUT2D eigenvalue weighted by Crippen LogP contribution is -2.07. The second-order valence-corrected chi connectivity index (χ2v) is 6.00. The molecule has 0 unspecified atom stereocenters. The van der Waals surface area contributed by atoms with Crippen LogP contribution in [0.2, 0.25) is 0 Å². The number of aryl methyl sites for hydroxylation is 1. The van der Waals surface area contributed by atoms with Crippen molar-refractivity contribution in [3.05, 3.63) is 53.5 Å². The second-order valence-electron chi connectivity index (χ2n) is 5.14. The van der Waals surface area contributed by atoms with Gasteiger partial charge in [0.1, 0.15) is 5.82 Å². The Hall–Kier alpha value is -2.73. The molecule has 6 heteroatoms. The zero-order valence-corrected chi connectivity index (χ0v) is 13.6. The van der Waals surface area contributed by atoms with E-state index in [4.69, 9.17) is 0 Å². The number of anilines is 3. The number of hydrogen-bond donors (Lipinski definition) is 2. The highest BCUT2D eigenvalue weighted by atomic mass is 32.1. The lowest BCUT2D eigenvalue weighted by Gasteiger charge is -2.04. The summed E-state index contributed by atoms with van der Waals surface area (Å²) in [5, 5.41) is 8.78. The fourth-order valence-corrected chi connectivity index (χ4v) is 2.89. The predicted octanol–water partition coefficient (Wildman–Crippen LogP) is 4.22. The molecule has 5 nitrogen and oxygen atoms in total. The lowest BCUT2D eigenvalue weighted by molar-refractivity contribution is -0.114. The van der Waals surface area contributed by atoms with E-state index in [2.05, 4.69) is 39.7 Å². The number of amides is 1. The largest absolute Gasteiger partial charge is 0.332 e. The molecule has 0 saturated heterocycles. The van der Waals surface area contributed by atoms with Crippen LogP contribution in [0.5, 0.6) is 0 Å². The third-order valence-corrected chi connectivity index (χ3v) is 3.89. The molecule has 3 rings (SSSR count). The van der Waals surface area contributed by atoms with Crippen LogP contribution in [0.3, 0.4) is 0 Å². The summed E-state index contributed by atoms with van der Waals surface area (Å²) in [6.45, 7) is 3.51. The number of pyridine rings is 1. The predicted molar refractivity (Wildman–Crippen MR) is 94.1 cm³/mol. The third-order valence-electron chi connectivity index (χ3n) is 3.13. The van der Waals surface area contributed by atoms with Crippen molar-refractivity contribution in [3.8, 4) is 11.3 Å². The van der Waals surface area contributed by atoms with Gasteiger partial charge in [0.15, 0.2) is 5.13 Å². The van der Waals surface area contributed by atoms with Gasteiger partial charge in [0.2, 0.25) is 5.91 Å². The molecule has 2 heterocycles. The first-order valence-corrected chi connectivity index (χ1v) is 8.01. The second kappa shape index (κ2) is 6.58. The van der Waals surface area contributed by atoms with Crippen LogP contribution in [0.15, 0.2) is 48.0 Å². The van der Waals surface area contributed by atoms with E-state index in [0.29, 0.717) is 5.82 Å². The van der Waals surface area contributed by atoms with Gasteiger partial charge in [0.05, 0.1) is 5.69 Å². The molecular formula is C17H16N4OS. The van der Waals surface area contributed by atoms with Crippen LogP contribution in [-0.2, 0) is 4.79 Å². The zero-order chi connectivity index (χ0) is 16.2. The van der Waals surface area contributed by atoms with E-state index in [1.165, 1.54) is 23.8 Å². The van der Waals surface area contributed by atoms with Gasteiger partial charge in [0.25, 0.3) is 0 Å². The first-order chi connectivity index (χ1) is 11.1. The molecule has 1 amide bonds. The number of benzene rings is 1. The van der Waals surface area contributed by atoms with Crippen LogP contribution in [0, 0.1) is 6.92 Å². The average Bonchev–Trinajstić information content (AvgIpc) is 2.95. The Kier molecular flexibility index (Phi) is 4.34. The molecule has 0 radical (unpaired) electrons. The number of nitrogens with one attached hydrogen (secondary N) is 2. The van der Waals surface area contributed by atoms with Gasteiger partial charge in [-0.25, -0.2) is 9.97 Å². The molecule has 0 atom stereocenters. The fraction of sp³-hybridized carbons (Fsp3) is 0.118. The minimum Gasteiger partial charge on any atom is -0.332 e. The maximum absolute atomic E-state index is 11.1. The lowest BCUT2D eigenvalue weighted by atomic mass is 10.2. The van der Waals surface area contributed by atoms with Crippen LogP contribution < -0.4 is 10.6 Å². The topological polar surface area (TPSA) is 66.9 Å². The smallest absolute Gasteiger partial charge is 0.222 e. The van der Waals surface area contributed by atoms with Crippen LogP contribution in [0.25, 0.3) is 11.3 Å². The Bertz CT molecular complexity index is 844. The Labute approximate surface area is 138 Å². The van der Waals surface area contributed by atoms with Crippen molar-refractivity contribution in [1.82, 2.24) is 9.97 Å². The van der Waals surface area contributed by atoms with Crippen LogP contribution in [-0.4, -0.2) is 15.9 Å². The molecule has 0 aliphatic rings. The molecule has 2 N–H and O–H groups in total. The Morgan fingerprint density at radius 3 is 2.87 bits per heavy atom. The number of thiazole rings is 1. The van der Waals surface area contributed by atoms with Gasteiger partial charge < -0.3 is 10.6 Å². The minimum absolute atomic E-state index is 0.144. The van der Waals surface area contributed by atoms with Crippen LogP contribution in [0.1, 0.15) is 12.5 Å². The summed E-state index contributed by atoms with van der Waals surface area (Å²) >= 11 is 1.53. The molecule has 0 aliphatic heterocycles. The standard InChI is InChI=1S/C17H16N4OS/c1-11-4-3-5-14(8-11)20-17-21-15(10-23-17)13-6-7-18-16(9-13)19-12(2)22/h3-10H,1-2H3,(H,20,21)(H,18,19,22). The van der Waals surface area contributed by atoms with Gasteiger partial charge in [-0.1, -0.05) is 12.1 Å². The minimum atomic E-state index is -0.144. The van der Waals surface area contributed by atoms with Gasteiger partial charge in [0, 0.05) is 29.8 Å². The monoisotopic (exact) mass is 324 g/mol. The van der Waals surface area contributed by atoms with E-state index in [1.54, 1.807) is 6.20 Å². The number of nitrogens with zero attached hydrogens (tertiary/aromatic N) is 2. The molecule has 0 fully saturated rings. The summed E-state index contributed by atoms with van der Waals surface area (Å²) in [6, 6.07) is 11.8. The molecule has 23 heavy (non-hydrogen) atoms. The normalized spacial score (nSPS) is 10.3.